The van der Waals surface area contributed by atoms with Gasteiger partial charge in [0.2, 0.25) is 0 Å². The zero-order valence-corrected chi connectivity index (χ0v) is 8.16. The second-order valence-electron chi connectivity index (χ2n) is 3.96. The maximum absolute atomic E-state index is 10.6. The van der Waals surface area contributed by atoms with Crippen LogP contribution in [0.4, 0.5) is 5.69 Å². The molecule has 70 valence electrons. The first kappa shape index (κ1) is 9.71. The van der Waals surface area contributed by atoms with Crippen LogP contribution in [0.3, 0.4) is 0 Å². The first-order valence-corrected chi connectivity index (χ1v) is 4.20. The molecular formula is C10H14N2O. The molecule has 3 heteroatoms. The SMILES string of the molecule is CC(C)(C)Nc1ccncc1C=O. The Bertz CT molecular complexity index is 302. The van der Waals surface area contributed by atoms with Crippen LogP contribution >= 0.6 is 0 Å². The van der Waals surface area contributed by atoms with E-state index in [-0.39, 0.29) is 5.54 Å². The summed E-state index contributed by atoms with van der Waals surface area (Å²) in [5.74, 6) is 0. The summed E-state index contributed by atoms with van der Waals surface area (Å²) in [6.07, 6.45) is 4.03. The van der Waals surface area contributed by atoms with Gasteiger partial charge in [0.05, 0.1) is 5.56 Å². The van der Waals surface area contributed by atoms with E-state index < -0.39 is 0 Å². The Kier molecular flexibility index (Phi) is 2.66. The molecule has 0 saturated carbocycles. The molecule has 0 aliphatic heterocycles. The molecule has 0 bridgehead atoms. The van der Waals surface area contributed by atoms with Crippen molar-refractivity contribution < 1.29 is 4.79 Å². The van der Waals surface area contributed by atoms with Crippen molar-refractivity contribution in [1.82, 2.24) is 4.98 Å². The third-order valence-corrected chi connectivity index (χ3v) is 1.49. The number of rotatable bonds is 2. The zero-order chi connectivity index (χ0) is 9.90. The number of hydrogen-bond donors (Lipinski definition) is 1. The fourth-order valence-corrected chi connectivity index (χ4v) is 1.02. The van der Waals surface area contributed by atoms with Crippen molar-refractivity contribution in [3.05, 3.63) is 24.0 Å². The predicted octanol–water partition coefficient (Wildman–Crippen LogP) is 2.10. The van der Waals surface area contributed by atoms with Crippen molar-refractivity contribution in [2.45, 2.75) is 26.3 Å². The summed E-state index contributed by atoms with van der Waals surface area (Å²) in [6, 6.07) is 1.80. The van der Waals surface area contributed by atoms with E-state index in [9.17, 15) is 4.79 Å². The molecule has 0 aromatic carbocycles. The average Bonchev–Trinajstić information content (AvgIpc) is 2.02. The van der Waals surface area contributed by atoms with Gasteiger partial charge in [-0.1, -0.05) is 0 Å². The Morgan fingerprint density at radius 2 is 2.15 bits per heavy atom. The van der Waals surface area contributed by atoms with Crippen molar-refractivity contribution >= 4 is 12.0 Å². The Labute approximate surface area is 78.2 Å². The molecule has 1 aromatic heterocycles. The van der Waals surface area contributed by atoms with Crippen LogP contribution in [0, 0.1) is 0 Å². The molecule has 0 fully saturated rings. The summed E-state index contributed by atoms with van der Waals surface area (Å²) in [5.41, 5.74) is 1.38. The fraction of sp³-hybridized carbons (Fsp3) is 0.400. The number of hydrogen-bond acceptors (Lipinski definition) is 3. The van der Waals surface area contributed by atoms with E-state index in [2.05, 4.69) is 10.3 Å². The van der Waals surface area contributed by atoms with E-state index >= 15 is 0 Å². The van der Waals surface area contributed by atoms with Gasteiger partial charge in [0.25, 0.3) is 0 Å². The van der Waals surface area contributed by atoms with E-state index in [1.165, 1.54) is 0 Å². The first-order chi connectivity index (χ1) is 6.03. The Hall–Kier alpha value is -1.38. The van der Waals surface area contributed by atoms with Gasteiger partial charge in [0.15, 0.2) is 6.29 Å². The number of anilines is 1. The Morgan fingerprint density at radius 3 is 2.69 bits per heavy atom. The van der Waals surface area contributed by atoms with Crippen LogP contribution in [0.2, 0.25) is 0 Å². The predicted molar refractivity (Wildman–Crippen MR) is 53.0 cm³/mol. The second kappa shape index (κ2) is 3.56. The number of pyridine rings is 1. The van der Waals surface area contributed by atoms with E-state index in [4.69, 9.17) is 0 Å². The molecule has 0 radical (unpaired) electrons. The molecule has 13 heavy (non-hydrogen) atoms. The van der Waals surface area contributed by atoms with Crippen LogP contribution in [0.25, 0.3) is 0 Å². The van der Waals surface area contributed by atoms with Gasteiger partial charge in [-0.15, -0.1) is 0 Å². The van der Waals surface area contributed by atoms with Gasteiger partial charge < -0.3 is 5.32 Å². The molecule has 0 saturated heterocycles. The van der Waals surface area contributed by atoms with Crippen LogP contribution in [0.15, 0.2) is 18.5 Å². The first-order valence-electron chi connectivity index (χ1n) is 4.20. The van der Waals surface area contributed by atoms with Crippen LogP contribution in [0.5, 0.6) is 0 Å². The van der Waals surface area contributed by atoms with E-state index in [1.807, 2.05) is 20.8 Å². The largest absolute Gasteiger partial charge is 0.380 e. The summed E-state index contributed by atoms with van der Waals surface area (Å²) in [4.78, 5) is 14.5. The number of aldehydes is 1. The highest BCUT2D eigenvalue weighted by molar-refractivity contribution is 5.83. The highest BCUT2D eigenvalue weighted by Crippen LogP contribution is 2.16. The number of aromatic nitrogens is 1. The zero-order valence-electron chi connectivity index (χ0n) is 8.16. The molecule has 3 nitrogen and oxygen atoms in total. The number of nitrogens with one attached hydrogen (secondary N) is 1. The topological polar surface area (TPSA) is 42.0 Å². The van der Waals surface area contributed by atoms with Gasteiger partial charge in [0.1, 0.15) is 0 Å². The lowest BCUT2D eigenvalue weighted by molar-refractivity contribution is 0.112. The molecular weight excluding hydrogens is 164 g/mol. The minimum Gasteiger partial charge on any atom is -0.380 e. The van der Waals surface area contributed by atoms with E-state index in [0.29, 0.717) is 5.56 Å². The molecule has 0 aliphatic carbocycles. The summed E-state index contributed by atoms with van der Waals surface area (Å²) in [6.45, 7) is 6.13. The van der Waals surface area contributed by atoms with Crippen LogP contribution in [-0.2, 0) is 0 Å². The Morgan fingerprint density at radius 1 is 1.46 bits per heavy atom. The lowest BCUT2D eigenvalue weighted by atomic mass is 10.1. The summed E-state index contributed by atoms with van der Waals surface area (Å²) < 4.78 is 0. The summed E-state index contributed by atoms with van der Waals surface area (Å²) in [7, 11) is 0. The minimum atomic E-state index is -0.0425. The van der Waals surface area contributed by atoms with Crippen molar-refractivity contribution in [1.29, 1.82) is 0 Å². The second-order valence-corrected chi connectivity index (χ2v) is 3.96. The third-order valence-electron chi connectivity index (χ3n) is 1.49. The van der Waals surface area contributed by atoms with Gasteiger partial charge in [-0.05, 0) is 26.8 Å². The smallest absolute Gasteiger partial charge is 0.153 e. The number of carbonyl (C=O) groups excluding carboxylic acids is 1. The summed E-state index contributed by atoms with van der Waals surface area (Å²) in [5, 5.41) is 3.23. The van der Waals surface area contributed by atoms with Gasteiger partial charge in [0, 0.05) is 23.6 Å². The number of carbonyl (C=O) groups is 1. The molecule has 0 amide bonds. The van der Waals surface area contributed by atoms with Gasteiger partial charge in [-0.3, -0.25) is 9.78 Å². The fourth-order valence-electron chi connectivity index (χ4n) is 1.02. The quantitative estimate of drug-likeness (QED) is 0.705. The monoisotopic (exact) mass is 178 g/mol. The minimum absolute atomic E-state index is 0.0425. The van der Waals surface area contributed by atoms with Gasteiger partial charge >= 0.3 is 0 Å². The summed E-state index contributed by atoms with van der Waals surface area (Å²) >= 11 is 0. The normalized spacial score (nSPS) is 11.0. The van der Waals surface area contributed by atoms with E-state index in [1.54, 1.807) is 18.5 Å². The van der Waals surface area contributed by atoms with Crippen LogP contribution in [0.1, 0.15) is 31.1 Å². The molecule has 0 spiro atoms. The molecule has 1 rings (SSSR count). The molecule has 1 N–H and O–H groups in total. The molecule has 1 heterocycles. The lowest BCUT2D eigenvalue weighted by Gasteiger charge is -2.22. The standard InChI is InChI=1S/C10H14N2O/c1-10(2,3)12-9-4-5-11-6-8(9)7-13/h4-7H,1-3H3,(H,11,12). The highest BCUT2D eigenvalue weighted by Gasteiger charge is 2.11. The maximum atomic E-state index is 10.6. The molecule has 0 unspecified atom stereocenters. The molecule has 0 atom stereocenters. The Balaban J connectivity index is 2.94. The van der Waals surface area contributed by atoms with Crippen LogP contribution in [-0.4, -0.2) is 16.8 Å². The molecule has 1 aromatic rings. The van der Waals surface area contributed by atoms with Gasteiger partial charge in [-0.2, -0.15) is 0 Å². The van der Waals surface area contributed by atoms with Crippen molar-refractivity contribution in [3.8, 4) is 0 Å². The lowest BCUT2D eigenvalue weighted by Crippen LogP contribution is -2.26. The number of nitrogens with zero attached hydrogens (tertiary/aromatic N) is 1. The molecule has 0 aliphatic rings. The van der Waals surface area contributed by atoms with E-state index in [0.717, 1.165) is 12.0 Å². The third kappa shape index (κ3) is 2.86. The van der Waals surface area contributed by atoms with Crippen molar-refractivity contribution in [2.75, 3.05) is 5.32 Å². The van der Waals surface area contributed by atoms with Crippen LogP contribution < -0.4 is 5.32 Å². The van der Waals surface area contributed by atoms with Gasteiger partial charge in [-0.25, -0.2) is 0 Å². The average molecular weight is 178 g/mol. The van der Waals surface area contributed by atoms with Crippen molar-refractivity contribution in [3.63, 3.8) is 0 Å². The maximum Gasteiger partial charge on any atom is 0.153 e. The highest BCUT2D eigenvalue weighted by atomic mass is 16.1. The van der Waals surface area contributed by atoms with Crippen molar-refractivity contribution in [2.24, 2.45) is 0 Å².